The fourth-order valence-electron chi connectivity index (χ4n) is 3.15. The van der Waals surface area contributed by atoms with Gasteiger partial charge in [-0.15, -0.1) is 0 Å². The van der Waals surface area contributed by atoms with E-state index in [2.05, 4.69) is 15.5 Å². The highest BCUT2D eigenvalue weighted by Crippen LogP contribution is 2.27. The maximum Gasteiger partial charge on any atom is 0.220 e. The zero-order valence-electron chi connectivity index (χ0n) is 12.7. The Morgan fingerprint density at radius 2 is 1.86 bits per heavy atom. The molecule has 0 radical (unpaired) electrons. The number of benzene rings is 1. The van der Waals surface area contributed by atoms with E-state index in [1.807, 2.05) is 30.3 Å². The van der Waals surface area contributed by atoms with E-state index in [9.17, 15) is 4.79 Å². The normalized spacial score (nSPS) is 16.5. The molecule has 0 bridgehead atoms. The van der Waals surface area contributed by atoms with Crippen LogP contribution in [0.3, 0.4) is 0 Å². The molecule has 1 aliphatic carbocycles. The molecule has 5 nitrogen and oxygen atoms in total. The first-order chi connectivity index (χ1) is 10.8. The molecule has 1 atom stereocenters. The molecule has 22 heavy (non-hydrogen) atoms. The average Bonchev–Trinajstić information content (AvgIpc) is 3.21. The standard InChI is InChI=1S/C17H22N4O/c22-17(12-14-6-4-5-7-14)20-16(13-21-18-10-11-19-21)15-8-2-1-3-9-15/h1-3,8-11,14,16H,4-7,12-13H2,(H,20,22). The third-order valence-corrected chi connectivity index (χ3v) is 4.30. The molecule has 0 spiro atoms. The van der Waals surface area contributed by atoms with E-state index in [-0.39, 0.29) is 11.9 Å². The minimum atomic E-state index is -0.0949. The molecule has 5 heteroatoms. The zero-order chi connectivity index (χ0) is 15.2. The molecule has 1 saturated carbocycles. The summed E-state index contributed by atoms with van der Waals surface area (Å²) in [6.07, 6.45) is 8.84. The number of hydrogen-bond acceptors (Lipinski definition) is 3. The first kappa shape index (κ1) is 14.8. The van der Waals surface area contributed by atoms with Gasteiger partial charge in [0.05, 0.1) is 25.0 Å². The molecule has 0 saturated heterocycles. The lowest BCUT2D eigenvalue weighted by Gasteiger charge is -2.20. The summed E-state index contributed by atoms with van der Waals surface area (Å²) in [7, 11) is 0. The number of hydrogen-bond donors (Lipinski definition) is 1. The van der Waals surface area contributed by atoms with Crippen LogP contribution in [0.4, 0.5) is 0 Å². The molecule has 1 fully saturated rings. The molecule has 1 aliphatic rings. The summed E-state index contributed by atoms with van der Waals surface area (Å²) in [5.74, 6) is 0.687. The van der Waals surface area contributed by atoms with Crippen molar-refractivity contribution in [2.45, 2.75) is 44.7 Å². The largest absolute Gasteiger partial charge is 0.347 e. The average molecular weight is 298 g/mol. The van der Waals surface area contributed by atoms with Crippen LogP contribution in [0.2, 0.25) is 0 Å². The van der Waals surface area contributed by atoms with Crippen molar-refractivity contribution in [1.29, 1.82) is 0 Å². The number of carbonyl (C=O) groups is 1. The van der Waals surface area contributed by atoms with Gasteiger partial charge < -0.3 is 5.32 Å². The van der Waals surface area contributed by atoms with Crippen LogP contribution in [-0.4, -0.2) is 20.9 Å². The summed E-state index contributed by atoms with van der Waals surface area (Å²) in [4.78, 5) is 14.0. The van der Waals surface area contributed by atoms with Crippen LogP contribution in [0.25, 0.3) is 0 Å². The van der Waals surface area contributed by atoms with Gasteiger partial charge in [0.2, 0.25) is 5.91 Å². The molecule has 3 rings (SSSR count). The second kappa shape index (κ2) is 7.20. The summed E-state index contributed by atoms with van der Waals surface area (Å²) in [6.45, 7) is 0.549. The molecular formula is C17H22N4O. The molecule has 2 aromatic rings. The maximum absolute atomic E-state index is 12.4. The van der Waals surface area contributed by atoms with Gasteiger partial charge in [-0.25, -0.2) is 0 Å². The molecule has 1 aromatic heterocycles. The monoisotopic (exact) mass is 298 g/mol. The summed E-state index contributed by atoms with van der Waals surface area (Å²) >= 11 is 0. The van der Waals surface area contributed by atoms with Crippen molar-refractivity contribution in [3.8, 4) is 0 Å². The van der Waals surface area contributed by atoms with Crippen LogP contribution in [0.15, 0.2) is 42.7 Å². The number of carbonyl (C=O) groups excluding carboxylic acids is 1. The van der Waals surface area contributed by atoms with E-state index in [0.717, 1.165) is 5.56 Å². The Morgan fingerprint density at radius 3 is 2.55 bits per heavy atom. The number of nitrogens with one attached hydrogen (secondary N) is 1. The van der Waals surface area contributed by atoms with Crippen molar-refractivity contribution in [1.82, 2.24) is 20.3 Å². The minimum absolute atomic E-state index is 0.0949. The second-order valence-electron chi connectivity index (χ2n) is 5.97. The van der Waals surface area contributed by atoms with E-state index in [4.69, 9.17) is 0 Å². The molecular weight excluding hydrogens is 276 g/mol. The molecule has 1 N–H and O–H groups in total. The van der Waals surface area contributed by atoms with E-state index in [1.165, 1.54) is 25.7 Å². The van der Waals surface area contributed by atoms with Crippen LogP contribution in [0, 0.1) is 5.92 Å². The Hall–Kier alpha value is -2.17. The Kier molecular flexibility index (Phi) is 4.83. The third kappa shape index (κ3) is 3.93. The predicted octanol–water partition coefficient (Wildman–Crippen LogP) is 2.72. The molecule has 116 valence electrons. The first-order valence-electron chi connectivity index (χ1n) is 7.99. The van der Waals surface area contributed by atoms with Gasteiger partial charge in [-0.3, -0.25) is 4.79 Å². The summed E-state index contributed by atoms with van der Waals surface area (Å²) in [5, 5.41) is 11.5. The Balaban J connectivity index is 1.66. The van der Waals surface area contributed by atoms with Crippen LogP contribution < -0.4 is 5.32 Å². The van der Waals surface area contributed by atoms with Gasteiger partial charge in [-0.05, 0) is 24.3 Å². The van der Waals surface area contributed by atoms with Gasteiger partial charge in [0.15, 0.2) is 0 Å². The second-order valence-corrected chi connectivity index (χ2v) is 5.97. The molecule has 1 aromatic carbocycles. The lowest BCUT2D eigenvalue weighted by Crippen LogP contribution is -2.32. The molecule has 1 unspecified atom stereocenters. The summed E-state index contributed by atoms with van der Waals surface area (Å²) < 4.78 is 0. The lowest BCUT2D eigenvalue weighted by molar-refractivity contribution is -0.122. The van der Waals surface area contributed by atoms with E-state index < -0.39 is 0 Å². The summed E-state index contributed by atoms with van der Waals surface area (Å²) in [6, 6.07) is 9.92. The molecule has 1 heterocycles. The van der Waals surface area contributed by atoms with Crippen molar-refractivity contribution >= 4 is 5.91 Å². The first-order valence-corrected chi connectivity index (χ1v) is 7.99. The van der Waals surface area contributed by atoms with Crippen LogP contribution in [-0.2, 0) is 11.3 Å². The van der Waals surface area contributed by atoms with Crippen LogP contribution in [0.5, 0.6) is 0 Å². The molecule has 1 amide bonds. The molecule has 0 aliphatic heterocycles. The van der Waals surface area contributed by atoms with E-state index >= 15 is 0 Å². The van der Waals surface area contributed by atoms with Crippen molar-refractivity contribution in [2.75, 3.05) is 0 Å². The van der Waals surface area contributed by atoms with Gasteiger partial charge in [0.1, 0.15) is 0 Å². The van der Waals surface area contributed by atoms with E-state index in [0.29, 0.717) is 18.9 Å². The number of amides is 1. The van der Waals surface area contributed by atoms with Crippen LogP contribution >= 0.6 is 0 Å². The topological polar surface area (TPSA) is 59.8 Å². The van der Waals surface area contributed by atoms with Gasteiger partial charge >= 0.3 is 0 Å². The van der Waals surface area contributed by atoms with E-state index in [1.54, 1.807) is 17.2 Å². The van der Waals surface area contributed by atoms with Gasteiger partial charge in [0.25, 0.3) is 0 Å². The maximum atomic E-state index is 12.4. The third-order valence-electron chi connectivity index (χ3n) is 4.30. The Bertz CT molecular complexity index is 576. The highest BCUT2D eigenvalue weighted by atomic mass is 16.1. The van der Waals surface area contributed by atoms with Crippen molar-refractivity contribution < 1.29 is 4.79 Å². The number of rotatable bonds is 6. The highest BCUT2D eigenvalue weighted by molar-refractivity contribution is 5.76. The van der Waals surface area contributed by atoms with Crippen molar-refractivity contribution in [3.05, 3.63) is 48.3 Å². The number of aromatic nitrogens is 3. The Labute approximate surface area is 130 Å². The quantitative estimate of drug-likeness (QED) is 0.892. The minimum Gasteiger partial charge on any atom is -0.347 e. The van der Waals surface area contributed by atoms with Crippen molar-refractivity contribution in [3.63, 3.8) is 0 Å². The van der Waals surface area contributed by atoms with Crippen LogP contribution in [0.1, 0.15) is 43.7 Å². The highest BCUT2D eigenvalue weighted by Gasteiger charge is 2.21. The fraction of sp³-hybridized carbons (Fsp3) is 0.471. The smallest absolute Gasteiger partial charge is 0.220 e. The predicted molar refractivity (Wildman–Crippen MR) is 83.9 cm³/mol. The fourth-order valence-corrected chi connectivity index (χ4v) is 3.15. The summed E-state index contributed by atoms with van der Waals surface area (Å²) in [5.41, 5.74) is 1.08. The van der Waals surface area contributed by atoms with Gasteiger partial charge in [-0.1, -0.05) is 43.2 Å². The SMILES string of the molecule is O=C(CC1CCCC1)NC(Cn1nccn1)c1ccccc1. The van der Waals surface area contributed by atoms with Gasteiger partial charge in [0, 0.05) is 6.42 Å². The lowest BCUT2D eigenvalue weighted by atomic mass is 10.0. The zero-order valence-corrected chi connectivity index (χ0v) is 12.7. The number of nitrogens with zero attached hydrogens (tertiary/aromatic N) is 3. The van der Waals surface area contributed by atoms with Gasteiger partial charge in [-0.2, -0.15) is 15.0 Å². The Morgan fingerprint density at radius 1 is 1.18 bits per heavy atom. The van der Waals surface area contributed by atoms with Crippen molar-refractivity contribution in [2.24, 2.45) is 5.92 Å².